The molecule has 3 heterocycles. The van der Waals surface area contributed by atoms with E-state index in [4.69, 9.17) is 14.2 Å². The number of amides is 1. The summed E-state index contributed by atoms with van der Waals surface area (Å²) >= 11 is 0. The highest BCUT2D eigenvalue weighted by molar-refractivity contribution is 5.92. The van der Waals surface area contributed by atoms with Crippen molar-refractivity contribution in [3.05, 3.63) is 52.9 Å². The maximum absolute atomic E-state index is 12.5. The average molecular weight is 395 g/mol. The number of hydrogen-bond donors (Lipinski definition) is 1. The Morgan fingerprint density at radius 3 is 3.03 bits per heavy atom. The number of carbonyl (C=O) groups excluding carboxylic acids is 1. The van der Waals surface area contributed by atoms with Crippen LogP contribution in [0.2, 0.25) is 0 Å². The Morgan fingerprint density at radius 2 is 2.14 bits per heavy atom. The Hall–Kier alpha value is -2.80. The monoisotopic (exact) mass is 395 g/mol. The number of rotatable bonds is 5. The zero-order valence-electron chi connectivity index (χ0n) is 16.4. The lowest BCUT2D eigenvalue weighted by molar-refractivity contribution is -0.00128. The molecule has 1 amide bonds. The molecule has 5 rings (SSSR count). The molecule has 1 N–H and O–H groups in total. The van der Waals surface area contributed by atoms with E-state index in [0.29, 0.717) is 25.4 Å². The number of fused-ring (bicyclic) bond motifs is 2. The van der Waals surface area contributed by atoms with E-state index in [2.05, 4.69) is 16.5 Å². The second kappa shape index (κ2) is 7.91. The molecule has 7 nitrogen and oxygen atoms in total. The second-order valence-electron chi connectivity index (χ2n) is 7.73. The molecule has 29 heavy (non-hydrogen) atoms. The van der Waals surface area contributed by atoms with Gasteiger partial charge in [0.1, 0.15) is 6.10 Å². The van der Waals surface area contributed by atoms with Crippen LogP contribution in [0.4, 0.5) is 0 Å². The molecule has 7 heteroatoms. The predicted octanol–water partition coefficient (Wildman–Crippen LogP) is 3.50. The van der Waals surface area contributed by atoms with Crippen LogP contribution in [-0.2, 0) is 17.9 Å². The number of nitrogens with zero attached hydrogens (tertiary/aromatic N) is 2. The van der Waals surface area contributed by atoms with Gasteiger partial charge in [-0.05, 0) is 55.9 Å². The molecule has 0 spiro atoms. The molecule has 0 bridgehead atoms. The van der Waals surface area contributed by atoms with Crippen molar-refractivity contribution in [2.75, 3.05) is 13.3 Å². The Balaban J connectivity index is 1.21. The van der Waals surface area contributed by atoms with Crippen molar-refractivity contribution >= 4 is 5.91 Å². The van der Waals surface area contributed by atoms with Crippen LogP contribution in [-0.4, -0.2) is 29.0 Å². The summed E-state index contributed by atoms with van der Waals surface area (Å²) in [5.41, 5.74) is 3.84. The minimum atomic E-state index is -0.133. The maximum atomic E-state index is 12.5. The average Bonchev–Trinajstić information content (AvgIpc) is 3.40. The summed E-state index contributed by atoms with van der Waals surface area (Å²) in [6.07, 6.45) is 7.98. The molecule has 2 aliphatic heterocycles. The quantitative estimate of drug-likeness (QED) is 0.785. The third-order valence-electron chi connectivity index (χ3n) is 5.75. The Bertz CT molecular complexity index is 950. The zero-order valence-corrected chi connectivity index (χ0v) is 16.4. The van der Waals surface area contributed by atoms with E-state index >= 15 is 0 Å². The number of benzene rings is 1. The molecule has 0 fully saturated rings. The minimum Gasteiger partial charge on any atom is -0.454 e. The van der Waals surface area contributed by atoms with Crippen LogP contribution >= 0.6 is 0 Å². The van der Waals surface area contributed by atoms with Crippen LogP contribution in [0.1, 0.15) is 60.0 Å². The normalized spacial score (nSPS) is 20.1. The summed E-state index contributed by atoms with van der Waals surface area (Å²) in [7, 11) is 0. The van der Waals surface area contributed by atoms with Gasteiger partial charge in [-0.25, -0.2) is 0 Å². The second-order valence-corrected chi connectivity index (χ2v) is 7.73. The molecule has 0 saturated carbocycles. The fourth-order valence-corrected chi connectivity index (χ4v) is 4.11. The van der Waals surface area contributed by atoms with E-state index in [1.807, 2.05) is 28.9 Å². The first kappa shape index (κ1) is 18.2. The van der Waals surface area contributed by atoms with Gasteiger partial charge in [0.2, 0.25) is 6.79 Å². The van der Waals surface area contributed by atoms with Crippen molar-refractivity contribution in [3.8, 4) is 11.5 Å². The third-order valence-corrected chi connectivity index (χ3v) is 5.75. The molecule has 0 saturated heterocycles. The van der Waals surface area contributed by atoms with Crippen LogP contribution in [0.5, 0.6) is 11.5 Å². The fourth-order valence-electron chi connectivity index (χ4n) is 4.11. The van der Waals surface area contributed by atoms with Crippen LogP contribution in [0.25, 0.3) is 0 Å². The van der Waals surface area contributed by atoms with Gasteiger partial charge in [-0.15, -0.1) is 0 Å². The van der Waals surface area contributed by atoms with Crippen molar-refractivity contribution in [1.82, 2.24) is 15.1 Å². The van der Waals surface area contributed by atoms with Crippen molar-refractivity contribution in [2.24, 2.45) is 0 Å². The Kier molecular flexibility index (Phi) is 4.97. The highest BCUT2D eigenvalue weighted by atomic mass is 16.7. The first-order valence-corrected chi connectivity index (χ1v) is 10.3. The van der Waals surface area contributed by atoms with E-state index in [9.17, 15) is 4.79 Å². The smallest absolute Gasteiger partial charge is 0.271 e. The van der Waals surface area contributed by atoms with Crippen molar-refractivity contribution in [2.45, 2.75) is 51.4 Å². The van der Waals surface area contributed by atoms with Crippen LogP contribution < -0.4 is 14.8 Å². The molecule has 0 radical (unpaired) electrons. The molecule has 1 aliphatic carbocycles. The summed E-state index contributed by atoms with van der Waals surface area (Å²) in [6, 6.07) is 7.67. The molecule has 0 unspecified atom stereocenters. The van der Waals surface area contributed by atoms with Gasteiger partial charge in [0.15, 0.2) is 17.2 Å². The van der Waals surface area contributed by atoms with Gasteiger partial charge < -0.3 is 19.5 Å². The lowest BCUT2D eigenvalue weighted by Gasteiger charge is -2.24. The topological polar surface area (TPSA) is 74.6 Å². The Labute approximate surface area is 169 Å². The number of hydrogen-bond acceptors (Lipinski definition) is 5. The standard InChI is InChI=1S/C22H25N3O4/c26-22(23-9-8-15-4-2-1-3-5-15)18-11-17-13-27-21(12-25(17)24-18)16-6-7-19-20(10-16)29-14-28-19/h4,6-7,10-11,21H,1-3,5,8-9,12-14H2,(H,23,26)/t21-/m0/s1. The molecular weight excluding hydrogens is 370 g/mol. The largest absolute Gasteiger partial charge is 0.454 e. The number of ether oxygens (including phenoxy) is 3. The van der Waals surface area contributed by atoms with Gasteiger partial charge in [0, 0.05) is 6.54 Å². The minimum absolute atomic E-state index is 0.122. The molecule has 2 aromatic rings. The lowest BCUT2D eigenvalue weighted by atomic mass is 9.97. The number of allylic oxidation sites excluding steroid dienone is 1. The molecule has 3 aliphatic rings. The highest BCUT2D eigenvalue weighted by Crippen LogP contribution is 2.36. The van der Waals surface area contributed by atoms with Crippen LogP contribution in [0.3, 0.4) is 0 Å². The van der Waals surface area contributed by atoms with Gasteiger partial charge in [0.05, 0.1) is 18.8 Å². The van der Waals surface area contributed by atoms with Gasteiger partial charge in [0.25, 0.3) is 5.91 Å². The highest BCUT2D eigenvalue weighted by Gasteiger charge is 2.25. The first-order valence-electron chi connectivity index (χ1n) is 10.3. The number of carbonyl (C=O) groups is 1. The molecule has 1 aromatic heterocycles. The lowest BCUT2D eigenvalue weighted by Crippen LogP contribution is -2.26. The maximum Gasteiger partial charge on any atom is 0.271 e. The summed E-state index contributed by atoms with van der Waals surface area (Å²) in [5, 5.41) is 7.52. The van der Waals surface area contributed by atoms with Crippen LogP contribution in [0, 0.1) is 0 Å². The summed E-state index contributed by atoms with van der Waals surface area (Å²) < 4.78 is 18.7. The molecule has 1 atom stereocenters. The third kappa shape index (κ3) is 3.87. The zero-order chi connectivity index (χ0) is 19.6. The van der Waals surface area contributed by atoms with Crippen molar-refractivity contribution in [1.29, 1.82) is 0 Å². The fraction of sp³-hybridized carbons (Fsp3) is 0.455. The predicted molar refractivity (Wildman–Crippen MR) is 106 cm³/mol. The summed E-state index contributed by atoms with van der Waals surface area (Å²) in [6.45, 7) is 1.90. The Morgan fingerprint density at radius 1 is 1.21 bits per heavy atom. The molecular formula is C22H25N3O4. The SMILES string of the molecule is O=C(NCCC1=CCCCC1)c1cc2n(n1)C[C@@H](c1ccc3c(c1)OCO3)OC2. The first-order chi connectivity index (χ1) is 14.3. The van der Waals surface area contributed by atoms with Gasteiger partial charge in [-0.3, -0.25) is 9.48 Å². The van der Waals surface area contributed by atoms with Gasteiger partial charge in [-0.2, -0.15) is 5.10 Å². The number of aromatic nitrogens is 2. The number of nitrogens with one attached hydrogen (secondary N) is 1. The van der Waals surface area contributed by atoms with E-state index in [-0.39, 0.29) is 18.8 Å². The molecule has 1 aromatic carbocycles. The van der Waals surface area contributed by atoms with Gasteiger partial charge in [-0.1, -0.05) is 17.7 Å². The van der Waals surface area contributed by atoms with Gasteiger partial charge >= 0.3 is 0 Å². The summed E-state index contributed by atoms with van der Waals surface area (Å²) in [5.74, 6) is 1.38. The molecule has 152 valence electrons. The van der Waals surface area contributed by atoms with E-state index in [0.717, 1.165) is 35.6 Å². The van der Waals surface area contributed by atoms with Crippen LogP contribution in [0.15, 0.2) is 35.9 Å². The summed E-state index contributed by atoms with van der Waals surface area (Å²) in [4.78, 5) is 12.5. The van der Waals surface area contributed by atoms with E-state index in [1.54, 1.807) is 0 Å². The van der Waals surface area contributed by atoms with Crippen molar-refractivity contribution in [3.63, 3.8) is 0 Å². The van der Waals surface area contributed by atoms with Crippen molar-refractivity contribution < 1.29 is 19.0 Å². The van der Waals surface area contributed by atoms with E-state index in [1.165, 1.54) is 24.8 Å². The van der Waals surface area contributed by atoms with E-state index < -0.39 is 0 Å².